The first-order valence-electron chi connectivity index (χ1n) is 3.93. The van der Waals surface area contributed by atoms with Crippen molar-refractivity contribution in [2.45, 2.75) is 0 Å². The minimum atomic E-state index is -0.370. The largest absolute Gasteiger partial charge is 0.395 e. The van der Waals surface area contributed by atoms with E-state index in [2.05, 4.69) is 5.32 Å². The van der Waals surface area contributed by atoms with Crippen molar-refractivity contribution in [1.29, 1.82) is 0 Å². The average Bonchev–Trinajstić information content (AvgIpc) is 2.13. The summed E-state index contributed by atoms with van der Waals surface area (Å²) in [4.78, 5) is 23.1. The lowest BCUT2D eigenvalue weighted by Crippen LogP contribution is -2.41. The van der Waals surface area contributed by atoms with Crippen LogP contribution >= 0.6 is 0 Å². The second-order valence-corrected chi connectivity index (χ2v) is 2.52. The zero-order valence-corrected chi connectivity index (χ0v) is 7.62. The van der Waals surface area contributed by atoms with E-state index >= 15 is 0 Å². The number of nitrogens with zero attached hydrogens (tertiary/aromatic N) is 1. The summed E-state index contributed by atoms with van der Waals surface area (Å²) < 4.78 is 0. The molecule has 0 aromatic carbocycles. The van der Waals surface area contributed by atoms with Crippen molar-refractivity contribution in [2.24, 2.45) is 5.73 Å². The summed E-state index contributed by atoms with van der Waals surface area (Å²) in [7, 11) is 1.55. The third kappa shape index (κ3) is 5.15. The minimum absolute atomic E-state index is 0.0769. The highest BCUT2D eigenvalue weighted by atomic mass is 16.3. The molecular weight excluding hydrogens is 174 g/mol. The van der Waals surface area contributed by atoms with Crippen LogP contribution in [0.25, 0.3) is 0 Å². The van der Waals surface area contributed by atoms with Crippen molar-refractivity contribution in [3.8, 4) is 0 Å². The molecule has 0 aliphatic heterocycles. The van der Waals surface area contributed by atoms with Gasteiger partial charge < -0.3 is 21.1 Å². The van der Waals surface area contributed by atoms with Crippen LogP contribution in [0.5, 0.6) is 0 Å². The topological polar surface area (TPSA) is 95.7 Å². The monoisotopic (exact) mass is 189 g/mol. The maximum atomic E-state index is 11.1. The molecule has 0 heterocycles. The second-order valence-electron chi connectivity index (χ2n) is 2.52. The first kappa shape index (κ1) is 11.9. The van der Waals surface area contributed by atoms with Gasteiger partial charge in [0.05, 0.1) is 19.7 Å². The normalized spacial score (nSPS) is 9.46. The summed E-state index contributed by atoms with van der Waals surface area (Å²) in [6, 6.07) is 0. The van der Waals surface area contributed by atoms with Crippen LogP contribution in [0.3, 0.4) is 0 Å². The zero-order valence-electron chi connectivity index (χ0n) is 7.62. The van der Waals surface area contributed by atoms with Gasteiger partial charge in [0.15, 0.2) is 0 Å². The summed E-state index contributed by atoms with van der Waals surface area (Å²) in [5.74, 6) is -0.624. The number of nitrogens with two attached hydrogens (primary N) is 1. The van der Waals surface area contributed by atoms with Crippen molar-refractivity contribution in [3.05, 3.63) is 0 Å². The Bertz CT molecular complexity index is 184. The van der Waals surface area contributed by atoms with Gasteiger partial charge in [-0.1, -0.05) is 0 Å². The smallest absolute Gasteiger partial charge is 0.241 e. The molecule has 76 valence electrons. The Morgan fingerprint density at radius 3 is 2.62 bits per heavy atom. The van der Waals surface area contributed by atoms with Gasteiger partial charge in [-0.2, -0.15) is 0 Å². The van der Waals surface area contributed by atoms with Crippen LogP contribution in [0.2, 0.25) is 0 Å². The van der Waals surface area contributed by atoms with E-state index in [0.717, 1.165) is 0 Å². The Labute approximate surface area is 76.7 Å². The van der Waals surface area contributed by atoms with Gasteiger partial charge in [0, 0.05) is 13.6 Å². The van der Waals surface area contributed by atoms with E-state index in [9.17, 15) is 9.59 Å². The van der Waals surface area contributed by atoms with Gasteiger partial charge in [0.25, 0.3) is 0 Å². The molecule has 0 aliphatic carbocycles. The molecule has 0 fully saturated rings. The molecule has 0 aliphatic rings. The zero-order chi connectivity index (χ0) is 10.3. The van der Waals surface area contributed by atoms with Gasteiger partial charge in [0.2, 0.25) is 11.8 Å². The number of hydrogen-bond acceptors (Lipinski definition) is 4. The van der Waals surface area contributed by atoms with E-state index in [1.807, 2.05) is 0 Å². The first-order valence-corrected chi connectivity index (χ1v) is 3.93. The van der Waals surface area contributed by atoms with Crippen LogP contribution in [0, 0.1) is 0 Å². The molecule has 13 heavy (non-hydrogen) atoms. The lowest BCUT2D eigenvalue weighted by Gasteiger charge is -2.15. The summed E-state index contributed by atoms with van der Waals surface area (Å²) in [6.07, 6.45) is 0. The van der Waals surface area contributed by atoms with Gasteiger partial charge >= 0.3 is 0 Å². The fourth-order valence-corrected chi connectivity index (χ4v) is 0.656. The molecular formula is C7H15N3O3. The molecule has 0 bridgehead atoms. The molecule has 6 heteroatoms. The number of carbonyl (C=O) groups is 2. The van der Waals surface area contributed by atoms with Crippen LogP contribution in [0.15, 0.2) is 0 Å². The molecule has 0 saturated heterocycles. The van der Waals surface area contributed by atoms with E-state index in [4.69, 9.17) is 10.8 Å². The van der Waals surface area contributed by atoms with E-state index in [0.29, 0.717) is 0 Å². The molecule has 0 rings (SSSR count). The van der Waals surface area contributed by atoms with Crippen molar-refractivity contribution in [2.75, 3.05) is 33.3 Å². The maximum Gasteiger partial charge on any atom is 0.241 e. The molecule has 4 N–H and O–H groups in total. The van der Waals surface area contributed by atoms with Crippen molar-refractivity contribution >= 4 is 11.8 Å². The van der Waals surface area contributed by atoms with Gasteiger partial charge in [-0.25, -0.2) is 0 Å². The number of aliphatic hydroxyl groups excluding tert-OH is 1. The third-order valence-corrected chi connectivity index (χ3v) is 1.48. The third-order valence-electron chi connectivity index (χ3n) is 1.48. The number of likely N-dealkylation sites (N-methyl/N-ethyl adjacent to an activating group) is 1. The molecule has 0 radical (unpaired) electrons. The number of carbonyl (C=O) groups excluding carboxylic acids is 2. The molecule has 2 amide bonds. The second kappa shape index (κ2) is 6.38. The molecule has 0 aromatic rings. The van der Waals surface area contributed by atoms with E-state index < -0.39 is 0 Å². The lowest BCUT2D eigenvalue weighted by molar-refractivity contribution is -0.131. The molecule has 0 unspecified atom stereocenters. The van der Waals surface area contributed by atoms with Crippen molar-refractivity contribution < 1.29 is 14.7 Å². The van der Waals surface area contributed by atoms with E-state index in [1.165, 1.54) is 4.90 Å². The van der Waals surface area contributed by atoms with Gasteiger partial charge in [-0.15, -0.1) is 0 Å². The summed E-state index contributed by atoms with van der Waals surface area (Å²) in [6.45, 7) is -0.0338. The highest BCUT2D eigenvalue weighted by Gasteiger charge is 2.08. The van der Waals surface area contributed by atoms with Crippen LogP contribution < -0.4 is 11.1 Å². The maximum absolute atomic E-state index is 11.1. The number of nitrogens with one attached hydrogen (secondary N) is 1. The Morgan fingerprint density at radius 1 is 1.54 bits per heavy atom. The minimum Gasteiger partial charge on any atom is -0.395 e. The predicted molar refractivity (Wildman–Crippen MR) is 46.8 cm³/mol. The molecule has 0 spiro atoms. The summed E-state index contributed by atoms with van der Waals surface area (Å²) >= 11 is 0. The number of hydrogen-bond donors (Lipinski definition) is 3. The number of aliphatic hydroxyl groups is 1. The fraction of sp³-hybridized carbons (Fsp3) is 0.714. The first-order chi connectivity index (χ1) is 6.11. The van der Waals surface area contributed by atoms with Gasteiger partial charge in [-0.05, 0) is 0 Å². The fourth-order valence-electron chi connectivity index (χ4n) is 0.656. The Balaban J connectivity index is 3.67. The highest BCUT2D eigenvalue weighted by Crippen LogP contribution is 1.81. The van der Waals surface area contributed by atoms with E-state index in [1.54, 1.807) is 7.05 Å². The Morgan fingerprint density at radius 2 is 2.15 bits per heavy atom. The Kier molecular flexibility index (Phi) is 5.82. The molecule has 0 saturated carbocycles. The Hall–Kier alpha value is -1.14. The number of amides is 2. The van der Waals surface area contributed by atoms with E-state index in [-0.39, 0.29) is 38.1 Å². The van der Waals surface area contributed by atoms with Crippen molar-refractivity contribution in [1.82, 2.24) is 10.2 Å². The van der Waals surface area contributed by atoms with Crippen LogP contribution in [0.1, 0.15) is 0 Å². The van der Waals surface area contributed by atoms with Crippen LogP contribution in [0.4, 0.5) is 0 Å². The molecule has 0 atom stereocenters. The molecule has 0 aromatic heterocycles. The molecule has 6 nitrogen and oxygen atoms in total. The number of rotatable bonds is 5. The predicted octanol–water partition coefficient (Wildman–Crippen LogP) is -2.49. The van der Waals surface area contributed by atoms with Gasteiger partial charge in [-0.3, -0.25) is 9.59 Å². The quantitative estimate of drug-likeness (QED) is 0.446. The summed E-state index contributed by atoms with van der Waals surface area (Å²) in [5, 5.41) is 10.8. The summed E-state index contributed by atoms with van der Waals surface area (Å²) in [5.41, 5.74) is 5.02. The standard InChI is InChI=1S/C7H15N3O3/c1-10(2-3-11)7(13)5-9-6(12)4-8/h11H,2-5,8H2,1H3,(H,9,12). The lowest BCUT2D eigenvalue weighted by atomic mass is 10.4. The van der Waals surface area contributed by atoms with Crippen molar-refractivity contribution in [3.63, 3.8) is 0 Å². The highest BCUT2D eigenvalue weighted by molar-refractivity contribution is 5.85. The van der Waals surface area contributed by atoms with Gasteiger partial charge in [0.1, 0.15) is 0 Å². The SMILES string of the molecule is CN(CCO)C(=O)CNC(=O)CN. The average molecular weight is 189 g/mol. The van der Waals surface area contributed by atoms with Crippen LogP contribution in [-0.4, -0.2) is 55.1 Å². The van der Waals surface area contributed by atoms with Crippen LogP contribution in [-0.2, 0) is 9.59 Å².